The van der Waals surface area contributed by atoms with E-state index in [1.807, 2.05) is 6.07 Å². The van der Waals surface area contributed by atoms with Gasteiger partial charge in [-0.2, -0.15) is 0 Å². The van der Waals surface area contributed by atoms with Crippen LogP contribution in [0.25, 0.3) is 0 Å². The van der Waals surface area contributed by atoms with Gasteiger partial charge in [0.1, 0.15) is 12.4 Å². The molecule has 0 spiro atoms. The van der Waals surface area contributed by atoms with Crippen LogP contribution >= 0.6 is 0 Å². The van der Waals surface area contributed by atoms with E-state index in [4.69, 9.17) is 9.84 Å². The largest absolute Gasteiger partial charge is 0.490 e. The van der Waals surface area contributed by atoms with E-state index >= 15 is 0 Å². The average Bonchev–Trinajstić information content (AvgIpc) is 2.73. The maximum absolute atomic E-state index is 8.86. The van der Waals surface area contributed by atoms with Gasteiger partial charge in [0, 0.05) is 6.04 Å². The highest BCUT2D eigenvalue weighted by molar-refractivity contribution is 5.19. The third-order valence-electron chi connectivity index (χ3n) is 3.07. The first-order valence-corrected chi connectivity index (χ1v) is 5.68. The molecule has 0 aromatic carbocycles. The molecule has 88 valence electrons. The molecule has 1 aromatic rings. The summed E-state index contributed by atoms with van der Waals surface area (Å²) in [6, 6.07) is 4.17. The maximum atomic E-state index is 8.86. The Kier molecular flexibility index (Phi) is 3.74. The topological polar surface area (TPSA) is 45.6 Å². The molecule has 0 aliphatic carbocycles. The minimum Gasteiger partial charge on any atom is -0.490 e. The number of likely N-dealkylation sites (N-methyl/N-ethyl adjacent to an activating group) is 1. The minimum atomic E-state index is -0.0222. The summed E-state index contributed by atoms with van der Waals surface area (Å²) >= 11 is 0. The highest BCUT2D eigenvalue weighted by atomic mass is 16.5. The molecule has 1 N–H and O–H groups in total. The highest BCUT2D eigenvalue weighted by Crippen LogP contribution is 2.17. The molecule has 0 radical (unpaired) electrons. The molecule has 1 aliphatic rings. The Bertz CT molecular complexity index is 326. The molecule has 1 fully saturated rings. The van der Waals surface area contributed by atoms with Gasteiger partial charge in [-0.25, -0.2) is 0 Å². The van der Waals surface area contributed by atoms with Crippen molar-refractivity contribution >= 4 is 0 Å². The number of aliphatic hydroxyl groups excluding tert-OH is 1. The van der Waals surface area contributed by atoms with Crippen molar-refractivity contribution in [2.24, 2.45) is 0 Å². The third-order valence-corrected chi connectivity index (χ3v) is 3.07. The van der Waals surface area contributed by atoms with E-state index in [-0.39, 0.29) is 6.61 Å². The first-order chi connectivity index (χ1) is 7.79. The molecule has 2 heterocycles. The first-order valence-electron chi connectivity index (χ1n) is 5.68. The number of pyridine rings is 1. The van der Waals surface area contributed by atoms with E-state index in [0.29, 0.717) is 11.7 Å². The van der Waals surface area contributed by atoms with Crippen molar-refractivity contribution in [3.05, 3.63) is 24.0 Å². The molecule has 4 nitrogen and oxygen atoms in total. The number of ether oxygens (including phenoxy) is 1. The van der Waals surface area contributed by atoms with Crippen molar-refractivity contribution in [3.63, 3.8) is 0 Å². The summed E-state index contributed by atoms with van der Waals surface area (Å²) < 4.78 is 5.67. The molecule has 4 heteroatoms. The van der Waals surface area contributed by atoms with Gasteiger partial charge in [-0.3, -0.25) is 4.98 Å². The van der Waals surface area contributed by atoms with E-state index in [1.165, 1.54) is 12.8 Å². The number of likely N-dealkylation sites (tertiary alicyclic amines) is 1. The van der Waals surface area contributed by atoms with Crippen LogP contribution in [0.3, 0.4) is 0 Å². The van der Waals surface area contributed by atoms with Crippen LogP contribution in [0.15, 0.2) is 18.3 Å². The Morgan fingerprint density at radius 3 is 3.00 bits per heavy atom. The van der Waals surface area contributed by atoms with Crippen LogP contribution in [0.4, 0.5) is 0 Å². The Morgan fingerprint density at radius 2 is 2.44 bits per heavy atom. The Labute approximate surface area is 95.9 Å². The van der Waals surface area contributed by atoms with Crippen molar-refractivity contribution in [1.82, 2.24) is 9.88 Å². The maximum Gasteiger partial charge on any atom is 0.137 e. The van der Waals surface area contributed by atoms with Crippen LogP contribution in [0.5, 0.6) is 5.75 Å². The lowest BCUT2D eigenvalue weighted by atomic mass is 10.2. The number of aromatic nitrogens is 1. The zero-order chi connectivity index (χ0) is 11.4. The predicted octanol–water partition coefficient (Wildman–Crippen LogP) is 1.05. The molecule has 1 aliphatic heterocycles. The van der Waals surface area contributed by atoms with Gasteiger partial charge in [-0.05, 0) is 38.6 Å². The zero-order valence-corrected chi connectivity index (χ0v) is 9.59. The van der Waals surface area contributed by atoms with Gasteiger partial charge in [-0.1, -0.05) is 0 Å². The number of aliphatic hydroxyl groups is 1. The third kappa shape index (κ3) is 2.71. The summed E-state index contributed by atoms with van der Waals surface area (Å²) in [5, 5.41) is 8.86. The van der Waals surface area contributed by atoms with Gasteiger partial charge < -0.3 is 14.7 Å². The predicted molar refractivity (Wildman–Crippen MR) is 61.3 cm³/mol. The molecule has 0 unspecified atom stereocenters. The molecular weight excluding hydrogens is 204 g/mol. The molecular formula is C12H18N2O2. The molecule has 0 amide bonds. The fraction of sp³-hybridized carbons (Fsp3) is 0.583. The normalized spacial score (nSPS) is 21.2. The van der Waals surface area contributed by atoms with Gasteiger partial charge in [0.05, 0.1) is 18.5 Å². The number of nitrogens with zero attached hydrogens (tertiary/aromatic N) is 2. The van der Waals surface area contributed by atoms with Crippen LogP contribution in [-0.4, -0.2) is 41.2 Å². The molecule has 1 aromatic heterocycles. The van der Waals surface area contributed by atoms with Gasteiger partial charge >= 0.3 is 0 Å². The van der Waals surface area contributed by atoms with Gasteiger partial charge in [0.25, 0.3) is 0 Å². The van der Waals surface area contributed by atoms with E-state index in [2.05, 4.69) is 16.9 Å². The van der Waals surface area contributed by atoms with Crippen LogP contribution in [-0.2, 0) is 6.61 Å². The molecule has 16 heavy (non-hydrogen) atoms. The second-order valence-corrected chi connectivity index (χ2v) is 4.23. The fourth-order valence-electron chi connectivity index (χ4n) is 1.97. The lowest BCUT2D eigenvalue weighted by molar-refractivity contribution is 0.197. The molecule has 1 saturated heterocycles. The average molecular weight is 222 g/mol. The van der Waals surface area contributed by atoms with Crippen molar-refractivity contribution in [2.45, 2.75) is 25.5 Å². The second-order valence-electron chi connectivity index (χ2n) is 4.23. The smallest absolute Gasteiger partial charge is 0.137 e. The summed E-state index contributed by atoms with van der Waals surface area (Å²) in [6.45, 7) is 1.86. The number of rotatable bonds is 4. The van der Waals surface area contributed by atoms with Crippen molar-refractivity contribution in [1.29, 1.82) is 0 Å². The highest BCUT2D eigenvalue weighted by Gasteiger charge is 2.21. The minimum absolute atomic E-state index is 0.0222. The SMILES string of the molecule is CN1CCC[C@H]1COc1ccc(CO)nc1. The molecule has 1 atom stereocenters. The fourth-order valence-corrected chi connectivity index (χ4v) is 1.97. The lowest BCUT2D eigenvalue weighted by Crippen LogP contribution is -2.30. The molecule has 0 bridgehead atoms. The van der Waals surface area contributed by atoms with Crippen LogP contribution in [0.2, 0.25) is 0 Å². The Morgan fingerprint density at radius 1 is 1.56 bits per heavy atom. The van der Waals surface area contributed by atoms with E-state index < -0.39 is 0 Å². The number of hydrogen-bond donors (Lipinski definition) is 1. The quantitative estimate of drug-likeness (QED) is 0.827. The second kappa shape index (κ2) is 5.27. The van der Waals surface area contributed by atoms with Gasteiger partial charge in [0.2, 0.25) is 0 Å². The summed E-state index contributed by atoms with van der Waals surface area (Å²) in [7, 11) is 2.13. The lowest BCUT2D eigenvalue weighted by Gasteiger charge is -2.19. The standard InChI is InChI=1S/C12H18N2O2/c1-14-6-2-3-11(14)9-16-12-5-4-10(8-15)13-7-12/h4-5,7,11,15H,2-3,6,8-9H2,1H3/t11-/m0/s1. The Hall–Kier alpha value is -1.13. The first kappa shape index (κ1) is 11.4. The van der Waals surface area contributed by atoms with Crippen LogP contribution < -0.4 is 4.74 Å². The monoisotopic (exact) mass is 222 g/mol. The van der Waals surface area contributed by atoms with Crippen molar-refractivity contribution in [2.75, 3.05) is 20.2 Å². The zero-order valence-electron chi connectivity index (χ0n) is 9.59. The number of hydrogen-bond acceptors (Lipinski definition) is 4. The van der Waals surface area contributed by atoms with Gasteiger partial charge in [0.15, 0.2) is 0 Å². The Balaban J connectivity index is 1.84. The van der Waals surface area contributed by atoms with Gasteiger partial charge in [-0.15, -0.1) is 0 Å². The summed E-state index contributed by atoms with van der Waals surface area (Å²) in [6.07, 6.45) is 4.13. The molecule has 2 rings (SSSR count). The summed E-state index contributed by atoms with van der Waals surface area (Å²) in [5.74, 6) is 0.775. The van der Waals surface area contributed by atoms with E-state index in [1.54, 1.807) is 12.3 Å². The summed E-state index contributed by atoms with van der Waals surface area (Å²) in [5.41, 5.74) is 0.672. The van der Waals surface area contributed by atoms with E-state index in [9.17, 15) is 0 Å². The summed E-state index contributed by atoms with van der Waals surface area (Å²) in [4.78, 5) is 6.40. The van der Waals surface area contributed by atoms with Crippen LogP contribution in [0, 0.1) is 0 Å². The van der Waals surface area contributed by atoms with Crippen molar-refractivity contribution < 1.29 is 9.84 Å². The van der Waals surface area contributed by atoms with Crippen molar-refractivity contribution in [3.8, 4) is 5.75 Å². The van der Waals surface area contributed by atoms with Crippen LogP contribution in [0.1, 0.15) is 18.5 Å². The van der Waals surface area contributed by atoms with E-state index in [0.717, 1.165) is 18.9 Å². The molecule has 0 saturated carbocycles.